The van der Waals surface area contributed by atoms with Crippen molar-refractivity contribution in [3.63, 3.8) is 0 Å². The van der Waals surface area contributed by atoms with Crippen LogP contribution in [-0.4, -0.2) is 39.4 Å². The van der Waals surface area contributed by atoms with E-state index in [1.807, 2.05) is 25.1 Å². The van der Waals surface area contributed by atoms with Crippen LogP contribution in [0, 0.1) is 6.92 Å². The van der Waals surface area contributed by atoms with Crippen LogP contribution in [0.4, 0.5) is 30.5 Å². The maximum Gasteiger partial charge on any atom is 0.416 e. The standard InChI is InChI=1S/C32H27F3N6OS/c1-19-37-28(21-5-4-8-25(16-21)38-30(42)22-6-3-7-24(15-22)32(33,34)35)29(43-19)27-11-13-36-31(40-27)39-26-10-9-20-12-14-41(2)18-23(20)17-26/h3-11,13,15-17H,12,14,18H2,1-2H3,(H,38,42)(H,36,39,40). The number of fused-ring (bicyclic) bond motifs is 1. The van der Waals surface area contributed by atoms with Crippen molar-refractivity contribution in [3.8, 4) is 21.8 Å². The zero-order chi connectivity index (χ0) is 30.1. The van der Waals surface area contributed by atoms with E-state index in [4.69, 9.17) is 9.97 Å². The number of anilines is 3. The lowest BCUT2D eigenvalue weighted by Crippen LogP contribution is -2.26. The van der Waals surface area contributed by atoms with Gasteiger partial charge in [0.1, 0.15) is 0 Å². The second kappa shape index (κ2) is 11.6. The number of nitrogens with zero attached hydrogens (tertiary/aromatic N) is 4. The molecule has 6 rings (SSSR count). The molecule has 0 radical (unpaired) electrons. The third-order valence-electron chi connectivity index (χ3n) is 7.13. The molecule has 0 bridgehead atoms. The molecule has 2 aromatic heterocycles. The summed E-state index contributed by atoms with van der Waals surface area (Å²) >= 11 is 1.49. The number of halogens is 3. The molecule has 0 unspecified atom stereocenters. The van der Waals surface area contributed by atoms with Crippen molar-refractivity contribution in [1.82, 2.24) is 19.9 Å². The predicted octanol–water partition coefficient (Wildman–Crippen LogP) is 7.58. The van der Waals surface area contributed by atoms with Gasteiger partial charge in [0, 0.05) is 41.8 Å². The molecule has 0 fully saturated rings. The van der Waals surface area contributed by atoms with E-state index in [-0.39, 0.29) is 5.56 Å². The van der Waals surface area contributed by atoms with E-state index >= 15 is 0 Å². The second-order valence-electron chi connectivity index (χ2n) is 10.4. The molecule has 218 valence electrons. The first-order chi connectivity index (χ1) is 20.6. The van der Waals surface area contributed by atoms with Crippen molar-refractivity contribution in [2.75, 3.05) is 24.2 Å². The Morgan fingerprint density at radius 3 is 2.63 bits per heavy atom. The fourth-order valence-corrected chi connectivity index (χ4v) is 5.94. The summed E-state index contributed by atoms with van der Waals surface area (Å²) in [6, 6.07) is 19.5. The highest BCUT2D eigenvalue weighted by Gasteiger charge is 2.31. The van der Waals surface area contributed by atoms with Crippen molar-refractivity contribution in [3.05, 3.63) is 106 Å². The van der Waals surface area contributed by atoms with Gasteiger partial charge >= 0.3 is 6.18 Å². The van der Waals surface area contributed by atoms with E-state index in [1.165, 1.54) is 34.6 Å². The van der Waals surface area contributed by atoms with Crippen molar-refractivity contribution >= 4 is 34.6 Å². The van der Waals surface area contributed by atoms with E-state index in [1.54, 1.807) is 24.4 Å². The van der Waals surface area contributed by atoms with Gasteiger partial charge in [0.2, 0.25) is 5.95 Å². The summed E-state index contributed by atoms with van der Waals surface area (Å²) in [5.41, 5.74) is 5.12. The summed E-state index contributed by atoms with van der Waals surface area (Å²) in [7, 11) is 2.12. The van der Waals surface area contributed by atoms with Gasteiger partial charge in [0.15, 0.2) is 0 Å². The summed E-state index contributed by atoms with van der Waals surface area (Å²) in [4.78, 5) is 29.9. The molecular formula is C32H27F3N6OS. The molecule has 0 atom stereocenters. The number of thiazole rings is 1. The van der Waals surface area contributed by atoms with Crippen LogP contribution in [0.5, 0.6) is 0 Å². The zero-order valence-corrected chi connectivity index (χ0v) is 24.2. The number of alkyl halides is 3. The Morgan fingerprint density at radius 2 is 1.79 bits per heavy atom. The minimum atomic E-state index is -4.54. The van der Waals surface area contributed by atoms with Crippen molar-refractivity contribution in [2.24, 2.45) is 0 Å². The number of amides is 1. The molecule has 3 aromatic carbocycles. The van der Waals surface area contributed by atoms with Crippen LogP contribution in [0.3, 0.4) is 0 Å². The first-order valence-electron chi connectivity index (χ1n) is 13.6. The molecule has 1 amide bonds. The van der Waals surface area contributed by atoms with Gasteiger partial charge in [0.25, 0.3) is 5.91 Å². The number of carbonyl (C=O) groups is 1. The molecule has 11 heteroatoms. The number of aryl methyl sites for hydroxylation is 1. The van der Waals surface area contributed by atoms with E-state index in [0.29, 0.717) is 23.0 Å². The zero-order valence-electron chi connectivity index (χ0n) is 23.4. The Hall–Kier alpha value is -4.61. The topological polar surface area (TPSA) is 83.0 Å². The Labute approximate surface area is 250 Å². The molecule has 2 N–H and O–H groups in total. The lowest BCUT2D eigenvalue weighted by atomic mass is 9.99. The van der Waals surface area contributed by atoms with Gasteiger partial charge in [0.05, 0.1) is 26.8 Å². The molecule has 0 saturated carbocycles. The van der Waals surface area contributed by atoms with E-state index < -0.39 is 17.6 Å². The highest BCUT2D eigenvalue weighted by atomic mass is 32.1. The molecule has 0 spiro atoms. The van der Waals surface area contributed by atoms with Crippen LogP contribution >= 0.6 is 11.3 Å². The summed E-state index contributed by atoms with van der Waals surface area (Å²) in [6.45, 7) is 3.85. The number of benzene rings is 3. The normalized spacial score (nSPS) is 13.4. The van der Waals surface area contributed by atoms with Crippen LogP contribution < -0.4 is 10.6 Å². The number of aromatic nitrogens is 3. The second-order valence-corrected chi connectivity index (χ2v) is 11.6. The van der Waals surface area contributed by atoms with E-state index in [0.717, 1.165) is 52.8 Å². The fourth-order valence-electron chi connectivity index (χ4n) is 5.03. The van der Waals surface area contributed by atoms with Gasteiger partial charge in [-0.1, -0.05) is 24.3 Å². The largest absolute Gasteiger partial charge is 0.416 e. The fraction of sp³-hybridized carbons (Fsp3) is 0.188. The van der Waals surface area contributed by atoms with Crippen molar-refractivity contribution in [1.29, 1.82) is 0 Å². The van der Waals surface area contributed by atoms with Gasteiger partial charge in [-0.15, -0.1) is 11.3 Å². The van der Waals surface area contributed by atoms with Gasteiger partial charge in [-0.3, -0.25) is 4.79 Å². The molecular weight excluding hydrogens is 573 g/mol. The summed E-state index contributed by atoms with van der Waals surface area (Å²) in [5, 5.41) is 6.86. The monoisotopic (exact) mass is 600 g/mol. The lowest BCUT2D eigenvalue weighted by Gasteiger charge is -2.25. The first kappa shape index (κ1) is 28.5. The smallest absolute Gasteiger partial charge is 0.324 e. The van der Waals surface area contributed by atoms with Crippen molar-refractivity contribution < 1.29 is 18.0 Å². The molecule has 5 aromatic rings. The Bertz CT molecular complexity index is 1820. The predicted molar refractivity (Wildman–Crippen MR) is 162 cm³/mol. The average Bonchev–Trinajstić information content (AvgIpc) is 3.38. The Morgan fingerprint density at radius 1 is 0.953 bits per heavy atom. The number of hydrogen-bond acceptors (Lipinski definition) is 7. The van der Waals surface area contributed by atoms with Gasteiger partial charge in [-0.2, -0.15) is 13.2 Å². The number of nitrogens with one attached hydrogen (secondary N) is 2. The van der Waals surface area contributed by atoms with Crippen LogP contribution in [0.25, 0.3) is 21.8 Å². The van der Waals surface area contributed by atoms with Crippen LogP contribution in [0.15, 0.2) is 79.0 Å². The molecule has 43 heavy (non-hydrogen) atoms. The van der Waals surface area contributed by atoms with Crippen LogP contribution in [0.1, 0.15) is 32.1 Å². The molecule has 1 aliphatic heterocycles. The number of hydrogen-bond donors (Lipinski definition) is 2. The third-order valence-corrected chi connectivity index (χ3v) is 8.13. The van der Waals surface area contributed by atoms with E-state index in [9.17, 15) is 18.0 Å². The quantitative estimate of drug-likeness (QED) is 0.209. The van der Waals surface area contributed by atoms with Gasteiger partial charge in [-0.25, -0.2) is 15.0 Å². The Balaban J connectivity index is 1.24. The maximum atomic E-state index is 13.1. The highest BCUT2D eigenvalue weighted by Crippen LogP contribution is 2.37. The summed E-state index contributed by atoms with van der Waals surface area (Å²) in [6.07, 6.45) is -1.81. The van der Waals surface area contributed by atoms with E-state index in [2.05, 4.69) is 39.7 Å². The number of carbonyl (C=O) groups excluding carboxylic acids is 1. The lowest BCUT2D eigenvalue weighted by molar-refractivity contribution is -0.137. The van der Waals surface area contributed by atoms with Gasteiger partial charge in [-0.05, 0) is 80.1 Å². The molecule has 3 heterocycles. The SMILES string of the molecule is Cc1nc(-c2cccc(NC(=O)c3cccc(C(F)(F)F)c3)c2)c(-c2ccnc(Nc3ccc4c(c3)CN(C)CC4)n2)s1. The van der Waals surface area contributed by atoms with Crippen LogP contribution in [0.2, 0.25) is 0 Å². The van der Waals surface area contributed by atoms with Crippen LogP contribution in [-0.2, 0) is 19.1 Å². The molecule has 7 nitrogen and oxygen atoms in total. The molecule has 1 aliphatic rings. The average molecular weight is 601 g/mol. The third kappa shape index (κ3) is 6.42. The highest BCUT2D eigenvalue weighted by molar-refractivity contribution is 7.15. The number of rotatable bonds is 6. The summed E-state index contributed by atoms with van der Waals surface area (Å²) < 4.78 is 39.4. The maximum absolute atomic E-state index is 13.1. The number of likely N-dealkylation sites (N-methyl/N-ethyl adjacent to an activating group) is 1. The van der Waals surface area contributed by atoms with Gasteiger partial charge < -0.3 is 15.5 Å². The molecule has 0 saturated heterocycles. The Kier molecular flexibility index (Phi) is 7.68. The minimum absolute atomic E-state index is 0.0858. The summed E-state index contributed by atoms with van der Waals surface area (Å²) in [5.74, 6) is -0.181. The minimum Gasteiger partial charge on any atom is -0.324 e. The first-order valence-corrected chi connectivity index (χ1v) is 14.4. The van der Waals surface area contributed by atoms with Crippen molar-refractivity contribution in [2.45, 2.75) is 26.1 Å². The molecule has 0 aliphatic carbocycles.